The maximum absolute atomic E-state index is 13.3. The molecule has 0 unspecified atom stereocenters. The van der Waals surface area contributed by atoms with Crippen LogP contribution in [0.3, 0.4) is 0 Å². The largest absolute Gasteiger partial charge is 0.496 e. The van der Waals surface area contributed by atoms with Gasteiger partial charge < -0.3 is 14.1 Å². The number of nitrogens with zero attached hydrogens (tertiary/aromatic N) is 2. The van der Waals surface area contributed by atoms with E-state index in [-0.39, 0.29) is 29.7 Å². The molecule has 2 heterocycles. The van der Waals surface area contributed by atoms with E-state index in [4.69, 9.17) is 9.15 Å². The zero-order valence-electron chi connectivity index (χ0n) is 16.3. The number of sulfonamides is 1. The molecule has 2 aromatic carbocycles. The van der Waals surface area contributed by atoms with Crippen LogP contribution in [-0.2, 0) is 10.0 Å². The first-order valence-corrected chi connectivity index (χ1v) is 10.8. The summed E-state index contributed by atoms with van der Waals surface area (Å²) < 4.78 is 38.8. The average molecular weight is 414 g/mol. The quantitative estimate of drug-likeness (QED) is 0.656. The highest BCUT2D eigenvalue weighted by Gasteiger charge is 2.32. The third-order valence-electron chi connectivity index (χ3n) is 5.16. The molecular formula is C21H22N2O5S. The van der Waals surface area contributed by atoms with Crippen LogP contribution in [0.4, 0.5) is 0 Å². The Morgan fingerprint density at radius 3 is 2.28 bits per heavy atom. The van der Waals surface area contributed by atoms with Crippen molar-refractivity contribution in [1.29, 1.82) is 0 Å². The molecule has 29 heavy (non-hydrogen) atoms. The Morgan fingerprint density at radius 1 is 0.966 bits per heavy atom. The van der Waals surface area contributed by atoms with Gasteiger partial charge in [0.25, 0.3) is 5.91 Å². The summed E-state index contributed by atoms with van der Waals surface area (Å²) in [6, 6.07) is 13.9. The predicted molar refractivity (Wildman–Crippen MR) is 109 cm³/mol. The molecule has 1 aliphatic rings. The number of methoxy groups -OCH3 is 1. The lowest BCUT2D eigenvalue weighted by Crippen LogP contribution is -2.50. The number of fused-ring (bicyclic) bond motifs is 1. The summed E-state index contributed by atoms with van der Waals surface area (Å²) in [7, 11) is -2.14. The second-order valence-electron chi connectivity index (χ2n) is 6.92. The highest BCUT2D eigenvalue weighted by Crippen LogP contribution is 2.32. The Hall–Kier alpha value is -2.84. The Labute approximate surface area is 169 Å². The summed E-state index contributed by atoms with van der Waals surface area (Å²) in [5, 5.41) is 1.37. The van der Waals surface area contributed by atoms with E-state index >= 15 is 0 Å². The van der Waals surface area contributed by atoms with Gasteiger partial charge in [0.1, 0.15) is 11.5 Å². The van der Waals surface area contributed by atoms with Gasteiger partial charge in [-0.2, -0.15) is 4.31 Å². The molecule has 0 N–H and O–H groups in total. The van der Waals surface area contributed by atoms with E-state index in [1.165, 1.54) is 4.31 Å². The SMILES string of the molecule is COc1ccc(S(=O)(=O)N2CCN(C(=O)c3ccc(C)o3)CC2)c2ccccc12. The maximum Gasteiger partial charge on any atom is 0.289 e. The van der Waals surface area contributed by atoms with Crippen molar-refractivity contribution in [2.45, 2.75) is 11.8 Å². The van der Waals surface area contributed by atoms with Crippen LogP contribution in [0.1, 0.15) is 16.3 Å². The molecule has 0 radical (unpaired) electrons. The maximum atomic E-state index is 13.3. The van der Waals surface area contributed by atoms with Crippen LogP contribution < -0.4 is 4.74 Å². The number of amides is 1. The minimum absolute atomic E-state index is 0.218. The highest BCUT2D eigenvalue weighted by molar-refractivity contribution is 7.89. The summed E-state index contributed by atoms with van der Waals surface area (Å²) in [4.78, 5) is 14.4. The number of benzene rings is 2. The van der Waals surface area contributed by atoms with Crippen molar-refractivity contribution < 1.29 is 22.4 Å². The number of rotatable bonds is 4. The molecule has 1 saturated heterocycles. The fraction of sp³-hybridized carbons (Fsp3) is 0.286. The molecule has 0 saturated carbocycles. The first-order chi connectivity index (χ1) is 13.9. The molecule has 0 spiro atoms. The molecule has 3 aromatic rings. The molecular weight excluding hydrogens is 392 g/mol. The van der Waals surface area contributed by atoms with E-state index in [0.717, 1.165) is 5.39 Å². The van der Waals surface area contributed by atoms with Crippen LogP contribution in [0.25, 0.3) is 10.8 Å². The third kappa shape index (κ3) is 3.49. The number of ether oxygens (including phenoxy) is 1. The lowest BCUT2D eigenvalue weighted by Gasteiger charge is -2.33. The number of furan rings is 1. The predicted octanol–water partition coefficient (Wildman–Crippen LogP) is 2.90. The number of carbonyl (C=O) groups is 1. The van der Waals surface area contributed by atoms with Gasteiger partial charge in [-0.1, -0.05) is 24.3 Å². The van der Waals surface area contributed by atoms with Crippen molar-refractivity contribution in [2.24, 2.45) is 0 Å². The summed E-state index contributed by atoms with van der Waals surface area (Å²) in [6.45, 7) is 2.86. The minimum Gasteiger partial charge on any atom is -0.496 e. The van der Waals surface area contributed by atoms with E-state index < -0.39 is 10.0 Å². The van der Waals surface area contributed by atoms with Gasteiger partial charge in [-0.25, -0.2) is 8.42 Å². The van der Waals surface area contributed by atoms with Gasteiger partial charge in [0.05, 0.1) is 12.0 Å². The topological polar surface area (TPSA) is 80.1 Å². The zero-order chi connectivity index (χ0) is 20.6. The fourth-order valence-electron chi connectivity index (χ4n) is 3.62. The third-order valence-corrected chi connectivity index (χ3v) is 7.12. The summed E-state index contributed by atoms with van der Waals surface area (Å²) in [6.07, 6.45) is 0. The van der Waals surface area contributed by atoms with Crippen LogP contribution in [0, 0.1) is 6.92 Å². The minimum atomic E-state index is -3.71. The van der Waals surface area contributed by atoms with E-state index in [9.17, 15) is 13.2 Å². The highest BCUT2D eigenvalue weighted by atomic mass is 32.2. The Morgan fingerprint density at radius 2 is 1.66 bits per heavy atom. The molecule has 1 aliphatic heterocycles. The summed E-state index contributed by atoms with van der Waals surface area (Å²) in [5.41, 5.74) is 0. The van der Waals surface area contributed by atoms with E-state index in [2.05, 4.69) is 0 Å². The van der Waals surface area contributed by atoms with Crippen molar-refractivity contribution in [2.75, 3.05) is 33.3 Å². The zero-order valence-corrected chi connectivity index (χ0v) is 17.1. The number of piperazine rings is 1. The molecule has 152 valence electrons. The van der Waals surface area contributed by atoms with Gasteiger partial charge in [0, 0.05) is 37.0 Å². The number of carbonyl (C=O) groups excluding carboxylic acids is 1. The van der Waals surface area contributed by atoms with Crippen molar-refractivity contribution >= 4 is 26.7 Å². The molecule has 1 amide bonds. The van der Waals surface area contributed by atoms with Crippen LogP contribution in [0.15, 0.2) is 57.8 Å². The standard InChI is InChI=1S/C21H22N2O5S/c1-15-7-8-19(28-15)21(24)22-11-13-23(14-12-22)29(25,26)20-10-9-18(27-2)16-5-3-4-6-17(16)20/h3-10H,11-14H2,1-2H3. The molecule has 8 heteroatoms. The monoisotopic (exact) mass is 414 g/mol. The lowest BCUT2D eigenvalue weighted by molar-refractivity contribution is 0.0664. The second kappa shape index (κ2) is 7.53. The second-order valence-corrected chi connectivity index (χ2v) is 8.82. The lowest BCUT2D eigenvalue weighted by atomic mass is 10.1. The Balaban J connectivity index is 1.57. The molecule has 0 aliphatic carbocycles. The van der Waals surface area contributed by atoms with Crippen LogP contribution in [-0.4, -0.2) is 56.8 Å². The van der Waals surface area contributed by atoms with Crippen LogP contribution in [0.2, 0.25) is 0 Å². The smallest absolute Gasteiger partial charge is 0.289 e. The molecule has 1 aromatic heterocycles. The Bertz CT molecular complexity index is 1160. The van der Waals surface area contributed by atoms with Crippen molar-refractivity contribution in [3.63, 3.8) is 0 Å². The normalized spacial score (nSPS) is 15.6. The van der Waals surface area contributed by atoms with Crippen molar-refractivity contribution in [1.82, 2.24) is 9.21 Å². The summed E-state index contributed by atoms with van der Waals surface area (Å²) in [5.74, 6) is 1.36. The van der Waals surface area contributed by atoms with Gasteiger partial charge in [-0.3, -0.25) is 4.79 Å². The van der Waals surface area contributed by atoms with Gasteiger partial charge in [0.2, 0.25) is 10.0 Å². The van der Waals surface area contributed by atoms with Gasteiger partial charge in [-0.05, 0) is 31.2 Å². The number of aryl methyl sites for hydroxylation is 1. The van der Waals surface area contributed by atoms with E-state index in [1.54, 1.807) is 49.3 Å². The fourth-order valence-corrected chi connectivity index (χ4v) is 5.24. The number of hydrogen-bond acceptors (Lipinski definition) is 5. The Kier molecular flexibility index (Phi) is 5.06. The molecule has 4 rings (SSSR count). The van der Waals surface area contributed by atoms with E-state index in [1.807, 2.05) is 18.2 Å². The van der Waals surface area contributed by atoms with Crippen molar-refractivity contribution in [3.8, 4) is 5.75 Å². The van der Waals surface area contributed by atoms with Crippen LogP contribution in [0.5, 0.6) is 5.75 Å². The molecule has 7 nitrogen and oxygen atoms in total. The van der Waals surface area contributed by atoms with E-state index in [0.29, 0.717) is 30.0 Å². The van der Waals surface area contributed by atoms with Gasteiger partial charge in [-0.15, -0.1) is 0 Å². The van der Waals surface area contributed by atoms with Crippen LogP contribution >= 0.6 is 0 Å². The molecule has 0 atom stereocenters. The van der Waals surface area contributed by atoms with Crippen molar-refractivity contribution in [3.05, 3.63) is 60.1 Å². The summed E-state index contributed by atoms with van der Waals surface area (Å²) >= 11 is 0. The molecule has 1 fully saturated rings. The first kappa shape index (κ1) is 19.5. The number of hydrogen-bond donors (Lipinski definition) is 0. The average Bonchev–Trinajstić information content (AvgIpc) is 3.18. The first-order valence-electron chi connectivity index (χ1n) is 9.33. The van der Waals surface area contributed by atoms with Gasteiger partial charge >= 0.3 is 0 Å². The van der Waals surface area contributed by atoms with Gasteiger partial charge in [0.15, 0.2) is 5.76 Å². The molecule has 0 bridgehead atoms.